The number of likely N-dealkylation sites (N-methyl/N-ethyl adjacent to an activating group) is 1. The van der Waals surface area contributed by atoms with E-state index in [-0.39, 0.29) is 36.0 Å². The Bertz CT molecular complexity index is 2020. The summed E-state index contributed by atoms with van der Waals surface area (Å²) in [6, 6.07) is 26.9. The molecular formula is C31H26N4O6S. The molecule has 6 rings (SSSR count). The molecule has 0 radical (unpaired) electrons. The number of hydrogen-bond donors (Lipinski definition) is 0. The predicted molar refractivity (Wildman–Crippen MR) is 158 cm³/mol. The summed E-state index contributed by atoms with van der Waals surface area (Å²) in [5, 5.41) is 2.28. The van der Waals surface area contributed by atoms with Gasteiger partial charge in [0.2, 0.25) is 0 Å². The fourth-order valence-corrected chi connectivity index (χ4v) is 6.22. The van der Waals surface area contributed by atoms with Crippen molar-refractivity contribution in [3.63, 3.8) is 0 Å². The van der Waals surface area contributed by atoms with Crippen molar-refractivity contribution in [3.8, 4) is 5.75 Å². The van der Waals surface area contributed by atoms with Crippen molar-refractivity contribution in [2.45, 2.75) is 17.5 Å². The maximum atomic E-state index is 13.1. The van der Waals surface area contributed by atoms with E-state index in [9.17, 15) is 18.0 Å². The fraction of sp³-hybridized carbons (Fsp3) is 0.161. The molecule has 0 saturated heterocycles. The molecule has 212 valence electrons. The van der Waals surface area contributed by atoms with E-state index in [1.54, 1.807) is 54.4 Å². The van der Waals surface area contributed by atoms with Gasteiger partial charge in [0.25, 0.3) is 15.6 Å². The number of hydrogen-bond acceptors (Lipinski definition) is 8. The van der Waals surface area contributed by atoms with Gasteiger partial charge in [0.05, 0.1) is 23.8 Å². The van der Waals surface area contributed by atoms with Crippen LogP contribution in [0.25, 0.3) is 21.7 Å². The second-order valence-corrected chi connectivity index (χ2v) is 11.4. The third-order valence-corrected chi connectivity index (χ3v) is 8.28. The zero-order valence-corrected chi connectivity index (χ0v) is 23.4. The summed E-state index contributed by atoms with van der Waals surface area (Å²) in [5.74, 6) is 0.181. The van der Waals surface area contributed by atoms with Gasteiger partial charge >= 0.3 is 5.97 Å². The lowest BCUT2D eigenvalue weighted by Crippen LogP contribution is -2.40. The van der Waals surface area contributed by atoms with Crippen LogP contribution in [0.2, 0.25) is 0 Å². The highest BCUT2D eigenvalue weighted by Gasteiger charge is 2.32. The summed E-state index contributed by atoms with van der Waals surface area (Å²) >= 11 is 0. The lowest BCUT2D eigenvalue weighted by Gasteiger charge is -2.26. The molecule has 1 aromatic heterocycles. The van der Waals surface area contributed by atoms with Gasteiger partial charge in [-0.2, -0.15) is 8.42 Å². The van der Waals surface area contributed by atoms with Gasteiger partial charge in [-0.3, -0.25) is 14.2 Å². The minimum atomic E-state index is -3.84. The van der Waals surface area contributed by atoms with Crippen LogP contribution < -0.4 is 10.3 Å². The molecule has 10 nitrogen and oxygen atoms in total. The first-order chi connectivity index (χ1) is 20.3. The van der Waals surface area contributed by atoms with Gasteiger partial charge in [-0.1, -0.05) is 60.7 Å². The summed E-state index contributed by atoms with van der Waals surface area (Å²) < 4.78 is 42.4. The van der Waals surface area contributed by atoms with Crippen LogP contribution in [-0.2, 0) is 26.1 Å². The van der Waals surface area contributed by atoms with Crippen LogP contribution in [0.1, 0.15) is 5.56 Å². The van der Waals surface area contributed by atoms with Crippen molar-refractivity contribution in [1.29, 1.82) is 0 Å². The van der Waals surface area contributed by atoms with Crippen molar-refractivity contribution in [1.82, 2.24) is 14.5 Å². The molecule has 4 aromatic carbocycles. The van der Waals surface area contributed by atoms with Crippen LogP contribution in [0.3, 0.4) is 0 Å². The molecule has 1 atom stereocenters. The van der Waals surface area contributed by atoms with Gasteiger partial charge < -0.3 is 14.4 Å². The minimum Gasteiger partial charge on any atom is -0.489 e. The van der Waals surface area contributed by atoms with Gasteiger partial charge in [0.1, 0.15) is 23.8 Å². The number of aromatic nitrogens is 2. The Labute approximate surface area is 241 Å². The highest BCUT2D eigenvalue weighted by molar-refractivity contribution is 7.90. The molecule has 0 N–H and O–H groups in total. The van der Waals surface area contributed by atoms with Crippen molar-refractivity contribution in [3.05, 3.63) is 113 Å². The molecule has 11 heteroatoms. The number of carbonyl (C=O) groups excluding carboxylic acids is 1. The van der Waals surface area contributed by atoms with Crippen LogP contribution in [0.15, 0.2) is 111 Å². The zero-order valence-electron chi connectivity index (χ0n) is 22.6. The van der Waals surface area contributed by atoms with E-state index in [2.05, 4.69) is 9.38 Å². The Kier molecular flexibility index (Phi) is 7.17. The molecule has 1 unspecified atom stereocenters. The Morgan fingerprint density at radius 2 is 1.64 bits per heavy atom. The standard InChI is InChI=1S/C31H26N4O6S/c1-34(30-25-13-5-7-16-28(25)42(38,39)33-30)17-22(19-40-27-15-8-10-21-9-2-3-11-23(21)27)41-29(36)18-35-20-32-26-14-6-4-12-24(26)31(35)37/h2-16,20,22H,17-19H2,1H3. The molecule has 1 aliphatic rings. The minimum absolute atomic E-state index is 0.0311. The Morgan fingerprint density at radius 1 is 0.929 bits per heavy atom. The van der Waals surface area contributed by atoms with Crippen molar-refractivity contribution in [2.75, 3.05) is 20.2 Å². The zero-order chi connectivity index (χ0) is 29.3. The van der Waals surface area contributed by atoms with E-state index < -0.39 is 22.1 Å². The molecule has 1 aliphatic heterocycles. The molecule has 0 bridgehead atoms. The maximum Gasteiger partial charge on any atom is 0.326 e. The maximum absolute atomic E-state index is 13.1. The van der Waals surface area contributed by atoms with Gasteiger partial charge in [-0.25, -0.2) is 4.98 Å². The van der Waals surface area contributed by atoms with Crippen molar-refractivity contribution >= 4 is 43.5 Å². The van der Waals surface area contributed by atoms with Crippen LogP contribution in [0, 0.1) is 0 Å². The number of benzene rings is 4. The van der Waals surface area contributed by atoms with E-state index in [1.165, 1.54) is 17.0 Å². The van der Waals surface area contributed by atoms with Crippen LogP contribution in [0.5, 0.6) is 5.75 Å². The summed E-state index contributed by atoms with van der Waals surface area (Å²) in [4.78, 5) is 32.1. The molecular weight excluding hydrogens is 556 g/mol. The average molecular weight is 583 g/mol. The normalized spacial score (nSPS) is 14.3. The summed E-state index contributed by atoms with van der Waals surface area (Å²) in [7, 11) is -2.17. The summed E-state index contributed by atoms with van der Waals surface area (Å²) in [6.45, 7) is -0.315. The topological polar surface area (TPSA) is 120 Å². The number of fused-ring (bicyclic) bond motifs is 3. The SMILES string of the molecule is CN(CC(COc1cccc2ccccc12)OC(=O)Cn1cnc2ccccc2c1=O)C1=NS(=O)(=O)c2ccccc21. The van der Waals surface area contributed by atoms with E-state index in [0.29, 0.717) is 22.2 Å². The fourth-order valence-electron chi connectivity index (χ4n) is 4.96. The first-order valence-corrected chi connectivity index (χ1v) is 14.6. The molecule has 0 spiro atoms. The van der Waals surface area contributed by atoms with Crippen LogP contribution in [0.4, 0.5) is 0 Å². The first-order valence-electron chi connectivity index (χ1n) is 13.2. The Balaban J connectivity index is 1.25. The molecule has 2 heterocycles. The first kappa shape index (κ1) is 27.2. The number of ether oxygens (including phenoxy) is 2. The number of nitrogens with zero attached hydrogens (tertiary/aromatic N) is 4. The third-order valence-electron chi connectivity index (χ3n) is 6.96. The second-order valence-electron chi connectivity index (χ2n) is 9.86. The number of carbonyl (C=O) groups is 1. The van der Waals surface area contributed by atoms with E-state index >= 15 is 0 Å². The number of esters is 1. The van der Waals surface area contributed by atoms with E-state index in [0.717, 1.165) is 10.8 Å². The Morgan fingerprint density at radius 3 is 2.50 bits per heavy atom. The molecule has 0 aliphatic carbocycles. The highest BCUT2D eigenvalue weighted by Crippen LogP contribution is 2.28. The molecule has 0 saturated carbocycles. The average Bonchev–Trinajstić information content (AvgIpc) is 3.28. The number of rotatable bonds is 8. The van der Waals surface area contributed by atoms with Gasteiger partial charge in [-0.15, -0.1) is 4.40 Å². The van der Waals surface area contributed by atoms with Crippen molar-refractivity contribution in [2.24, 2.45) is 4.40 Å². The molecule has 0 amide bonds. The number of amidine groups is 1. The lowest BCUT2D eigenvalue weighted by molar-refractivity contribution is -0.151. The van der Waals surface area contributed by atoms with Crippen molar-refractivity contribution < 1.29 is 22.7 Å². The largest absolute Gasteiger partial charge is 0.489 e. The highest BCUT2D eigenvalue weighted by atomic mass is 32.2. The van der Waals surface area contributed by atoms with E-state index in [4.69, 9.17) is 9.47 Å². The third kappa shape index (κ3) is 5.34. The quantitative estimate of drug-likeness (QED) is 0.255. The molecule has 42 heavy (non-hydrogen) atoms. The molecule has 0 fully saturated rings. The van der Waals surface area contributed by atoms with Crippen LogP contribution >= 0.6 is 0 Å². The smallest absolute Gasteiger partial charge is 0.326 e. The number of para-hydroxylation sites is 1. The van der Waals surface area contributed by atoms with E-state index in [1.807, 2.05) is 42.5 Å². The molecule has 5 aromatic rings. The monoisotopic (exact) mass is 582 g/mol. The Hall–Kier alpha value is -5.03. The number of sulfonamides is 1. The summed E-state index contributed by atoms with van der Waals surface area (Å²) in [5.41, 5.74) is 0.636. The van der Waals surface area contributed by atoms with Gasteiger partial charge in [0.15, 0.2) is 11.9 Å². The van der Waals surface area contributed by atoms with Crippen LogP contribution in [-0.4, -0.2) is 61.0 Å². The predicted octanol–water partition coefficient (Wildman–Crippen LogP) is 3.62. The van der Waals surface area contributed by atoms with Gasteiger partial charge in [-0.05, 0) is 35.7 Å². The van der Waals surface area contributed by atoms with Gasteiger partial charge in [0, 0.05) is 18.0 Å². The summed E-state index contributed by atoms with van der Waals surface area (Å²) in [6.07, 6.45) is 0.470. The second kappa shape index (κ2) is 11.1. The lowest BCUT2D eigenvalue weighted by atomic mass is 10.1.